The van der Waals surface area contributed by atoms with Crippen LogP contribution in [0.5, 0.6) is 0 Å². The average Bonchev–Trinajstić information content (AvgIpc) is 2.11. The van der Waals surface area contributed by atoms with Gasteiger partial charge in [0.2, 0.25) is 0 Å². The summed E-state index contributed by atoms with van der Waals surface area (Å²) in [7, 11) is 0. The highest BCUT2D eigenvalue weighted by Gasteiger charge is 2.06. The number of carboxylic acid groups (broad SMARTS) is 1. The summed E-state index contributed by atoms with van der Waals surface area (Å²) in [4.78, 5) is 10.4. The van der Waals surface area contributed by atoms with E-state index in [2.05, 4.69) is 12.6 Å². The zero-order valence-corrected chi connectivity index (χ0v) is 9.27. The molecule has 0 spiro atoms. The Morgan fingerprint density at radius 2 is 1.86 bits per heavy atom. The summed E-state index contributed by atoms with van der Waals surface area (Å²) in [5, 5.41) is 9.38. The van der Waals surface area contributed by atoms with Crippen LogP contribution in [-0.2, 0) is 4.79 Å². The molecule has 0 heterocycles. The van der Waals surface area contributed by atoms with Crippen LogP contribution in [0.25, 0.3) is 6.08 Å². The summed E-state index contributed by atoms with van der Waals surface area (Å²) in [6, 6.07) is 4.94. The summed E-state index contributed by atoms with van der Waals surface area (Å²) < 4.78 is 0. The molecular weight excluding hydrogens is 243 g/mol. The minimum absolute atomic E-state index is 0.111. The highest BCUT2D eigenvalue weighted by Crippen LogP contribution is 2.27. The van der Waals surface area contributed by atoms with Crippen LogP contribution in [0.4, 0.5) is 0 Å². The molecule has 0 saturated heterocycles. The van der Waals surface area contributed by atoms with Gasteiger partial charge in [0.15, 0.2) is 0 Å². The van der Waals surface area contributed by atoms with Gasteiger partial charge in [0.05, 0.1) is 4.91 Å². The summed E-state index contributed by atoms with van der Waals surface area (Å²) in [5.41, 5.74) is 0.461. The van der Waals surface area contributed by atoms with Gasteiger partial charge in [-0.15, -0.1) is 12.6 Å². The van der Waals surface area contributed by atoms with Gasteiger partial charge in [-0.05, 0) is 18.2 Å². The SMILES string of the molecule is O=C(O)/C(S)=C/c1c(Cl)cccc1Cl. The van der Waals surface area contributed by atoms with Gasteiger partial charge in [-0.25, -0.2) is 4.79 Å². The number of rotatable bonds is 2. The zero-order chi connectivity index (χ0) is 10.7. The van der Waals surface area contributed by atoms with Gasteiger partial charge in [-0.1, -0.05) is 29.3 Å². The highest BCUT2D eigenvalue weighted by molar-refractivity contribution is 7.85. The summed E-state index contributed by atoms with van der Waals surface area (Å²) in [5.74, 6) is -1.12. The van der Waals surface area contributed by atoms with Crippen molar-refractivity contribution < 1.29 is 9.90 Å². The molecule has 1 aromatic rings. The monoisotopic (exact) mass is 248 g/mol. The van der Waals surface area contributed by atoms with Gasteiger partial charge in [-0.3, -0.25) is 0 Å². The second-order valence-electron chi connectivity index (χ2n) is 2.47. The molecule has 0 atom stereocenters. The van der Waals surface area contributed by atoms with E-state index >= 15 is 0 Å². The normalized spacial score (nSPS) is 11.5. The predicted molar refractivity (Wildman–Crippen MR) is 61.1 cm³/mol. The van der Waals surface area contributed by atoms with Crippen molar-refractivity contribution >= 4 is 47.9 Å². The molecule has 2 nitrogen and oxygen atoms in total. The lowest BCUT2D eigenvalue weighted by Crippen LogP contribution is -1.93. The van der Waals surface area contributed by atoms with Crippen molar-refractivity contribution in [3.05, 3.63) is 38.7 Å². The largest absolute Gasteiger partial charge is 0.477 e. The maximum Gasteiger partial charge on any atom is 0.341 e. The Morgan fingerprint density at radius 1 is 1.36 bits per heavy atom. The van der Waals surface area contributed by atoms with Crippen molar-refractivity contribution in [1.29, 1.82) is 0 Å². The standard InChI is InChI=1S/C9H6Cl2O2S/c10-6-2-1-3-7(11)5(6)4-8(14)9(12)13/h1-4,14H,(H,12,13)/b8-4-. The minimum atomic E-state index is -1.12. The van der Waals surface area contributed by atoms with E-state index in [4.69, 9.17) is 28.3 Å². The molecule has 1 aromatic carbocycles. The molecule has 0 fully saturated rings. The number of hydrogen-bond acceptors (Lipinski definition) is 2. The van der Waals surface area contributed by atoms with Crippen LogP contribution in [0.3, 0.4) is 0 Å². The molecule has 0 saturated carbocycles. The van der Waals surface area contributed by atoms with E-state index in [-0.39, 0.29) is 4.91 Å². The van der Waals surface area contributed by atoms with E-state index < -0.39 is 5.97 Å². The lowest BCUT2D eigenvalue weighted by molar-refractivity contribution is -0.131. The molecule has 0 aliphatic rings. The lowest BCUT2D eigenvalue weighted by atomic mass is 10.2. The third-order valence-electron chi connectivity index (χ3n) is 1.50. The minimum Gasteiger partial charge on any atom is -0.477 e. The lowest BCUT2D eigenvalue weighted by Gasteiger charge is -2.01. The van der Waals surface area contributed by atoms with E-state index in [9.17, 15) is 4.79 Å². The van der Waals surface area contributed by atoms with Crippen LogP contribution < -0.4 is 0 Å². The van der Waals surface area contributed by atoms with Crippen LogP contribution in [0.2, 0.25) is 10.0 Å². The first kappa shape index (κ1) is 11.4. The molecule has 1 rings (SSSR count). The maximum atomic E-state index is 10.5. The Hall–Kier alpha value is -0.640. The van der Waals surface area contributed by atoms with Crippen LogP contribution in [-0.4, -0.2) is 11.1 Å². The number of carboxylic acids is 1. The molecule has 0 radical (unpaired) electrons. The Morgan fingerprint density at radius 3 is 2.29 bits per heavy atom. The number of aliphatic carboxylic acids is 1. The van der Waals surface area contributed by atoms with Crippen molar-refractivity contribution in [2.45, 2.75) is 0 Å². The average molecular weight is 249 g/mol. The summed E-state index contributed by atoms with van der Waals surface area (Å²) in [6.45, 7) is 0. The number of thiol groups is 1. The van der Waals surface area contributed by atoms with Gasteiger partial charge >= 0.3 is 5.97 Å². The Labute approximate surface area is 96.6 Å². The topological polar surface area (TPSA) is 37.3 Å². The molecule has 5 heteroatoms. The van der Waals surface area contributed by atoms with Gasteiger partial charge < -0.3 is 5.11 Å². The van der Waals surface area contributed by atoms with Crippen LogP contribution in [0.1, 0.15) is 5.56 Å². The second-order valence-corrected chi connectivity index (χ2v) is 3.77. The molecule has 0 unspecified atom stereocenters. The molecule has 74 valence electrons. The van der Waals surface area contributed by atoms with Crippen molar-refractivity contribution in [1.82, 2.24) is 0 Å². The fourth-order valence-corrected chi connectivity index (χ4v) is 1.48. The van der Waals surface area contributed by atoms with E-state index in [0.29, 0.717) is 15.6 Å². The molecule has 0 aliphatic heterocycles. The van der Waals surface area contributed by atoms with Crippen molar-refractivity contribution in [3.63, 3.8) is 0 Å². The first-order valence-corrected chi connectivity index (χ1v) is 4.80. The fraction of sp³-hybridized carbons (Fsp3) is 0. The number of hydrogen-bond donors (Lipinski definition) is 2. The van der Waals surface area contributed by atoms with Gasteiger partial charge in [-0.2, -0.15) is 0 Å². The van der Waals surface area contributed by atoms with Gasteiger partial charge in [0.1, 0.15) is 0 Å². The predicted octanol–water partition coefficient (Wildman–Crippen LogP) is 3.35. The second kappa shape index (κ2) is 4.73. The number of halogens is 2. The van der Waals surface area contributed by atoms with E-state index in [1.165, 1.54) is 6.08 Å². The first-order chi connectivity index (χ1) is 6.52. The third kappa shape index (κ3) is 2.67. The zero-order valence-electron chi connectivity index (χ0n) is 6.87. The van der Waals surface area contributed by atoms with Crippen molar-refractivity contribution in [3.8, 4) is 0 Å². The smallest absolute Gasteiger partial charge is 0.341 e. The Kier molecular flexibility index (Phi) is 3.86. The number of carbonyl (C=O) groups is 1. The summed E-state index contributed by atoms with van der Waals surface area (Å²) >= 11 is 15.4. The Bertz CT molecular complexity index is 382. The first-order valence-electron chi connectivity index (χ1n) is 3.60. The van der Waals surface area contributed by atoms with E-state index in [0.717, 1.165) is 0 Å². The summed E-state index contributed by atoms with van der Waals surface area (Å²) in [6.07, 6.45) is 1.32. The molecule has 0 bridgehead atoms. The van der Waals surface area contributed by atoms with Gasteiger partial charge in [0, 0.05) is 15.6 Å². The van der Waals surface area contributed by atoms with Gasteiger partial charge in [0.25, 0.3) is 0 Å². The number of benzene rings is 1. The third-order valence-corrected chi connectivity index (χ3v) is 2.48. The molecule has 0 amide bonds. The van der Waals surface area contributed by atoms with Crippen molar-refractivity contribution in [2.24, 2.45) is 0 Å². The maximum absolute atomic E-state index is 10.5. The molecule has 14 heavy (non-hydrogen) atoms. The Balaban J connectivity index is 3.20. The highest BCUT2D eigenvalue weighted by atomic mass is 35.5. The quantitative estimate of drug-likeness (QED) is 0.623. The molecular formula is C9H6Cl2O2S. The van der Waals surface area contributed by atoms with E-state index in [1.807, 2.05) is 0 Å². The van der Waals surface area contributed by atoms with Crippen LogP contribution in [0.15, 0.2) is 23.1 Å². The van der Waals surface area contributed by atoms with Crippen molar-refractivity contribution in [2.75, 3.05) is 0 Å². The van der Waals surface area contributed by atoms with Crippen LogP contribution >= 0.6 is 35.8 Å². The molecule has 0 aliphatic carbocycles. The fourth-order valence-electron chi connectivity index (χ4n) is 0.847. The van der Waals surface area contributed by atoms with E-state index in [1.54, 1.807) is 18.2 Å². The van der Waals surface area contributed by atoms with Crippen LogP contribution in [0, 0.1) is 0 Å². The molecule has 1 N–H and O–H groups in total. The molecule has 0 aromatic heterocycles.